The van der Waals surface area contributed by atoms with Gasteiger partial charge in [0.15, 0.2) is 10.4 Å². The molecule has 104 valence electrons. The molecule has 0 spiro atoms. The normalized spacial score (nSPS) is 11.4. The zero-order valence-corrected chi connectivity index (χ0v) is 13.1. The standard InChI is InChI=1S/C14H15ClN4S/c1-4-18-13-12(9(3)17-18)16-14(20)19(13)11-7-10(15)6-5-8(11)2/h5-7H,4H2,1-3H3,(H,16,20). The fraction of sp³-hybridized carbons (Fsp3) is 0.286. The number of nitrogens with zero attached hydrogens (tertiary/aromatic N) is 3. The summed E-state index contributed by atoms with van der Waals surface area (Å²) in [4.78, 5) is 3.25. The van der Waals surface area contributed by atoms with Crippen LogP contribution in [0.2, 0.25) is 5.02 Å². The predicted molar refractivity (Wildman–Crippen MR) is 84.4 cm³/mol. The van der Waals surface area contributed by atoms with Gasteiger partial charge in [-0.1, -0.05) is 17.7 Å². The number of nitrogens with one attached hydrogen (secondary N) is 1. The molecule has 1 N–H and O–H groups in total. The quantitative estimate of drug-likeness (QED) is 0.721. The summed E-state index contributed by atoms with van der Waals surface area (Å²) in [5.74, 6) is 0. The summed E-state index contributed by atoms with van der Waals surface area (Å²) in [7, 11) is 0. The van der Waals surface area contributed by atoms with E-state index < -0.39 is 0 Å². The molecule has 2 aromatic heterocycles. The summed E-state index contributed by atoms with van der Waals surface area (Å²) >= 11 is 11.6. The number of imidazole rings is 1. The average molecular weight is 307 g/mol. The number of H-pyrrole nitrogens is 1. The van der Waals surface area contributed by atoms with Crippen molar-refractivity contribution in [1.29, 1.82) is 0 Å². The van der Waals surface area contributed by atoms with Crippen molar-refractivity contribution in [3.05, 3.63) is 39.3 Å². The van der Waals surface area contributed by atoms with E-state index in [-0.39, 0.29) is 0 Å². The third kappa shape index (κ3) is 1.89. The van der Waals surface area contributed by atoms with Gasteiger partial charge in [-0.2, -0.15) is 5.10 Å². The van der Waals surface area contributed by atoms with Crippen LogP contribution in [0.5, 0.6) is 0 Å². The lowest BCUT2D eigenvalue weighted by atomic mass is 10.2. The number of aryl methyl sites for hydroxylation is 3. The Labute approximate surface area is 127 Å². The van der Waals surface area contributed by atoms with E-state index in [0.717, 1.165) is 34.7 Å². The highest BCUT2D eigenvalue weighted by Crippen LogP contribution is 2.26. The molecule has 0 atom stereocenters. The van der Waals surface area contributed by atoms with Crippen molar-refractivity contribution >= 4 is 35.0 Å². The van der Waals surface area contributed by atoms with Crippen LogP contribution >= 0.6 is 23.8 Å². The summed E-state index contributed by atoms with van der Waals surface area (Å²) < 4.78 is 4.63. The molecular weight excluding hydrogens is 292 g/mol. The number of hydrogen-bond acceptors (Lipinski definition) is 2. The van der Waals surface area contributed by atoms with Crippen LogP contribution < -0.4 is 0 Å². The number of benzene rings is 1. The third-order valence-electron chi connectivity index (χ3n) is 3.46. The molecule has 0 aliphatic heterocycles. The van der Waals surface area contributed by atoms with Gasteiger partial charge in [-0.25, -0.2) is 4.68 Å². The summed E-state index contributed by atoms with van der Waals surface area (Å²) in [6, 6.07) is 5.82. The van der Waals surface area contributed by atoms with E-state index in [2.05, 4.69) is 17.0 Å². The minimum absolute atomic E-state index is 0.660. The molecule has 2 heterocycles. The summed E-state index contributed by atoms with van der Waals surface area (Å²) in [6.07, 6.45) is 0. The van der Waals surface area contributed by atoms with E-state index in [9.17, 15) is 0 Å². The average Bonchev–Trinajstić information content (AvgIpc) is 2.90. The summed E-state index contributed by atoms with van der Waals surface area (Å²) in [6.45, 7) is 6.88. The summed E-state index contributed by atoms with van der Waals surface area (Å²) in [5, 5.41) is 5.23. The van der Waals surface area contributed by atoms with Crippen molar-refractivity contribution in [2.75, 3.05) is 0 Å². The monoisotopic (exact) mass is 306 g/mol. The maximum absolute atomic E-state index is 6.14. The van der Waals surface area contributed by atoms with Crippen LogP contribution in [-0.2, 0) is 6.54 Å². The largest absolute Gasteiger partial charge is 0.327 e. The number of aromatic amines is 1. The molecule has 3 rings (SSSR count). The molecule has 0 bridgehead atoms. The van der Waals surface area contributed by atoms with Crippen molar-refractivity contribution in [3.63, 3.8) is 0 Å². The van der Waals surface area contributed by atoms with Crippen molar-refractivity contribution in [2.24, 2.45) is 0 Å². The van der Waals surface area contributed by atoms with Crippen LogP contribution in [0.25, 0.3) is 16.9 Å². The van der Waals surface area contributed by atoms with Crippen LogP contribution in [0.1, 0.15) is 18.2 Å². The number of halogens is 1. The first-order valence-electron chi connectivity index (χ1n) is 6.47. The lowest BCUT2D eigenvalue weighted by molar-refractivity contribution is 0.661. The molecule has 6 heteroatoms. The second kappa shape index (κ2) is 4.75. The zero-order chi connectivity index (χ0) is 14.4. The topological polar surface area (TPSA) is 38.5 Å². The second-order valence-corrected chi connectivity index (χ2v) is 5.62. The number of aromatic nitrogens is 4. The zero-order valence-electron chi connectivity index (χ0n) is 11.6. The van der Waals surface area contributed by atoms with Crippen LogP contribution in [-0.4, -0.2) is 19.3 Å². The Hall–Kier alpha value is -1.59. The molecule has 4 nitrogen and oxygen atoms in total. The van der Waals surface area contributed by atoms with Gasteiger partial charge in [0.2, 0.25) is 0 Å². The first-order valence-corrected chi connectivity index (χ1v) is 7.26. The fourth-order valence-electron chi connectivity index (χ4n) is 2.47. The van der Waals surface area contributed by atoms with Crippen molar-refractivity contribution in [2.45, 2.75) is 27.3 Å². The Balaban J connectivity index is 2.44. The first kappa shape index (κ1) is 13.4. The van der Waals surface area contributed by atoms with Gasteiger partial charge in [0, 0.05) is 11.6 Å². The molecular formula is C14H15ClN4S. The molecule has 0 amide bonds. The highest BCUT2D eigenvalue weighted by atomic mass is 35.5. The van der Waals surface area contributed by atoms with Crippen LogP contribution in [0.4, 0.5) is 0 Å². The molecule has 0 aliphatic carbocycles. The van der Waals surface area contributed by atoms with Gasteiger partial charge in [-0.05, 0) is 50.7 Å². The van der Waals surface area contributed by atoms with E-state index in [1.54, 1.807) is 0 Å². The molecule has 0 fully saturated rings. The minimum Gasteiger partial charge on any atom is -0.327 e. The van der Waals surface area contributed by atoms with Gasteiger partial charge in [0.1, 0.15) is 5.52 Å². The van der Waals surface area contributed by atoms with E-state index in [1.165, 1.54) is 0 Å². The van der Waals surface area contributed by atoms with Crippen molar-refractivity contribution in [3.8, 4) is 5.69 Å². The van der Waals surface area contributed by atoms with Gasteiger partial charge < -0.3 is 4.98 Å². The number of fused-ring (bicyclic) bond motifs is 1. The van der Waals surface area contributed by atoms with Gasteiger partial charge in [0.25, 0.3) is 0 Å². The maximum atomic E-state index is 6.14. The molecule has 0 saturated heterocycles. The van der Waals surface area contributed by atoms with Crippen LogP contribution in [0.3, 0.4) is 0 Å². The predicted octanol–water partition coefficient (Wildman–Crippen LogP) is 4.17. The van der Waals surface area contributed by atoms with Gasteiger partial charge >= 0.3 is 0 Å². The van der Waals surface area contributed by atoms with E-state index in [0.29, 0.717) is 9.79 Å². The van der Waals surface area contributed by atoms with Crippen molar-refractivity contribution < 1.29 is 0 Å². The highest BCUT2D eigenvalue weighted by Gasteiger charge is 2.16. The Kier molecular flexibility index (Phi) is 3.18. The fourth-order valence-corrected chi connectivity index (χ4v) is 2.92. The Morgan fingerprint density at radius 1 is 1.35 bits per heavy atom. The molecule has 0 unspecified atom stereocenters. The van der Waals surface area contributed by atoms with E-state index in [4.69, 9.17) is 23.8 Å². The lowest BCUT2D eigenvalue weighted by Crippen LogP contribution is -2.04. The molecule has 0 radical (unpaired) electrons. The smallest absolute Gasteiger partial charge is 0.184 e. The van der Waals surface area contributed by atoms with E-state index in [1.807, 2.05) is 41.3 Å². The molecule has 20 heavy (non-hydrogen) atoms. The SMILES string of the molecule is CCn1nc(C)c2[nH]c(=S)n(-c3cc(Cl)ccc3C)c21. The first-order chi connectivity index (χ1) is 9.52. The Bertz CT molecular complexity index is 856. The van der Waals surface area contributed by atoms with E-state index >= 15 is 0 Å². The molecule has 0 saturated carbocycles. The van der Waals surface area contributed by atoms with Crippen molar-refractivity contribution in [1.82, 2.24) is 19.3 Å². The molecule has 0 aliphatic rings. The molecule has 1 aromatic carbocycles. The Morgan fingerprint density at radius 2 is 2.10 bits per heavy atom. The maximum Gasteiger partial charge on any atom is 0.184 e. The third-order valence-corrected chi connectivity index (χ3v) is 3.98. The van der Waals surface area contributed by atoms with Crippen LogP contribution in [0.15, 0.2) is 18.2 Å². The summed E-state index contributed by atoms with van der Waals surface area (Å²) in [5.41, 5.74) is 5.03. The number of hydrogen-bond donors (Lipinski definition) is 1. The van der Waals surface area contributed by atoms with Gasteiger partial charge in [-0.3, -0.25) is 4.57 Å². The minimum atomic E-state index is 0.660. The molecule has 3 aromatic rings. The second-order valence-electron chi connectivity index (χ2n) is 4.80. The lowest BCUT2D eigenvalue weighted by Gasteiger charge is -2.09. The van der Waals surface area contributed by atoms with Crippen LogP contribution in [0, 0.1) is 18.6 Å². The number of rotatable bonds is 2. The highest BCUT2D eigenvalue weighted by molar-refractivity contribution is 7.71. The Morgan fingerprint density at radius 3 is 2.80 bits per heavy atom. The van der Waals surface area contributed by atoms with Gasteiger partial charge in [-0.15, -0.1) is 0 Å². The van der Waals surface area contributed by atoms with Gasteiger partial charge in [0.05, 0.1) is 11.4 Å².